The predicted octanol–water partition coefficient (Wildman–Crippen LogP) is 3.65. The minimum absolute atomic E-state index is 0.557. The minimum atomic E-state index is -0.557. The molecule has 116 valence electrons. The van der Waals surface area contributed by atoms with Crippen molar-refractivity contribution in [3.8, 4) is 0 Å². The molecule has 0 saturated heterocycles. The molecule has 2 N–H and O–H groups in total. The monoisotopic (exact) mass is 287 g/mol. The van der Waals surface area contributed by atoms with Crippen LogP contribution in [0.4, 0.5) is 0 Å². The highest BCUT2D eigenvalue weighted by Crippen LogP contribution is 2.29. The lowest BCUT2D eigenvalue weighted by Crippen LogP contribution is -2.39. The molecule has 0 saturated carbocycles. The molecule has 2 heteroatoms. The van der Waals surface area contributed by atoms with Crippen molar-refractivity contribution in [1.82, 2.24) is 5.32 Å². The quantitative estimate of drug-likeness (QED) is 0.832. The van der Waals surface area contributed by atoms with Crippen molar-refractivity contribution in [3.05, 3.63) is 58.7 Å². The molecule has 0 spiro atoms. The van der Waals surface area contributed by atoms with Gasteiger partial charge in [0.2, 0.25) is 0 Å². The molecule has 0 amide bonds. The standard InChI is InChI=1S/C11H15NO.C8H14/c1-12-8-11(13)6-9-4-2-3-5-10(9)7-11;1-5-7(3)8(4)6-2/h2-5,12-13H,6-8H2,1H3;5-6H,1-4H3/b;7-5-,8-6-. The van der Waals surface area contributed by atoms with Crippen molar-refractivity contribution in [2.75, 3.05) is 13.6 Å². The van der Waals surface area contributed by atoms with Gasteiger partial charge in [-0.25, -0.2) is 0 Å². The van der Waals surface area contributed by atoms with E-state index in [0.717, 1.165) is 12.8 Å². The molecule has 0 heterocycles. The highest BCUT2D eigenvalue weighted by Gasteiger charge is 2.33. The zero-order valence-corrected chi connectivity index (χ0v) is 14.0. The highest BCUT2D eigenvalue weighted by atomic mass is 16.3. The zero-order valence-electron chi connectivity index (χ0n) is 14.0. The fraction of sp³-hybridized carbons (Fsp3) is 0.474. The van der Waals surface area contributed by atoms with E-state index < -0.39 is 5.60 Å². The highest BCUT2D eigenvalue weighted by molar-refractivity contribution is 5.35. The average Bonchev–Trinajstić information content (AvgIpc) is 2.82. The first-order valence-corrected chi connectivity index (χ1v) is 7.65. The smallest absolute Gasteiger partial charge is 0.0851 e. The molecule has 1 aliphatic carbocycles. The Balaban J connectivity index is 0.000000240. The molecule has 0 radical (unpaired) electrons. The number of hydrogen-bond donors (Lipinski definition) is 2. The van der Waals surface area contributed by atoms with Crippen molar-refractivity contribution in [2.45, 2.75) is 46.1 Å². The molecule has 0 fully saturated rings. The molecule has 21 heavy (non-hydrogen) atoms. The van der Waals surface area contributed by atoms with E-state index in [9.17, 15) is 5.11 Å². The van der Waals surface area contributed by atoms with Crippen LogP contribution in [0.15, 0.2) is 47.6 Å². The number of allylic oxidation sites excluding steroid dienone is 4. The summed E-state index contributed by atoms with van der Waals surface area (Å²) in [6.07, 6.45) is 5.80. The van der Waals surface area contributed by atoms with Crippen LogP contribution in [0.3, 0.4) is 0 Å². The first-order valence-electron chi connectivity index (χ1n) is 7.65. The van der Waals surface area contributed by atoms with Crippen LogP contribution in [-0.4, -0.2) is 24.3 Å². The lowest BCUT2D eigenvalue weighted by molar-refractivity contribution is 0.0534. The molecule has 1 aromatic rings. The molecular weight excluding hydrogens is 258 g/mol. The topological polar surface area (TPSA) is 32.3 Å². The number of likely N-dealkylation sites (N-methyl/N-ethyl adjacent to an activating group) is 1. The van der Waals surface area contributed by atoms with E-state index in [2.05, 4.69) is 57.3 Å². The molecule has 0 atom stereocenters. The van der Waals surface area contributed by atoms with Crippen LogP contribution in [0.25, 0.3) is 0 Å². The van der Waals surface area contributed by atoms with Gasteiger partial charge in [-0.05, 0) is 45.9 Å². The van der Waals surface area contributed by atoms with Gasteiger partial charge in [-0.3, -0.25) is 0 Å². The van der Waals surface area contributed by atoms with Crippen LogP contribution in [0, 0.1) is 0 Å². The Bertz CT molecular complexity index is 473. The summed E-state index contributed by atoms with van der Waals surface area (Å²) >= 11 is 0. The normalized spacial score (nSPS) is 17.0. The van der Waals surface area contributed by atoms with Crippen LogP contribution in [0.5, 0.6) is 0 Å². The fourth-order valence-corrected chi connectivity index (χ4v) is 2.58. The van der Waals surface area contributed by atoms with Gasteiger partial charge in [-0.1, -0.05) is 47.6 Å². The van der Waals surface area contributed by atoms with Gasteiger partial charge in [0.25, 0.3) is 0 Å². The Morgan fingerprint density at radius 1 is 1.10 bits per heavy atom. The molecule has 1 aliphatic rings. The third kappa shape index (κ3) is 5.14. The van der Waals surface area contributed by atoms with Crippen LogP contribution in [-0.2, 0) is 12.8 Å². The number of rotatable bonds is 3. The third-order valence-corrected chi connectivity index (χ3v) is 4.15. The Morgan fingerprint density at radius 2 is 1.52 bits per heavy atom. The number of nitrogens with one attached hydrogen (secondary N) is 1. The number of aliphatic hydroxyl groups is 1. The summed E-state index contributed by atoms with van der Waals surface area (Å²) in [5.74, 6) is 0. The van der Waals surface area contributed by atoms with Crippen LogP contribution >= 0.6 is 0 Å². The zero-order chi connectivity index (χ0) is 15.9. The lowest BCUT2D eigenvalue weighted by atomic mass is 10.0. The van der Waals surface area contributed by atoms with Gasteiger partial charge in [0.1, 0.15) is 0 Å². The molecule has 2 nitrogen and oxygen atoms in total. The van der Waals surface area contributed by atoms with Crippen LogP contribution in [0.1, 0.15) is 38.8 Å². The van der Waals surface area contributed by atoms with E-state index in [0.29, 0.717) is 6.54 Å². The second-order valence-corrected chi connectivity index (χ2v) is 5.82. The van der Waals surface area contributed by atoms with Crippen molar-refractivity contribution in [2.24, 2.45) is 0 Å². The van der Waals surface area contributed by atoms with Crippen molar-refractivity contribution < 1.29 is 5.11 Å². The first-order chi connectivity index (χ1) is 9.95. The minimum Gasteiger partial charge on any atom is -0.388 e. The number of hydrogen-bond acceptors (Lipinski definition) is 2. The van der Waals surface area contributed by atoms with E-state index >= 15 is 0 Å². The second kappa shape index (κ2) is 8.16. The Hall–Kier alpha value is -1.38. The number of benzene rings is 1. The molecule has 0 aliphatic heterocycles. The maximum absolute atomic E-state index is 10.2. The van der Waals surface area contributed by atoms with Gasteiger partial charge in [-0.15, -0.1) is 0 Å². The van der Waals surface area contributed by atoms with E-state index in [1.54, 1.807) is 0 Å². The second-order valence-electron chi connectivity index (χ2n) is 5.82. The van der Waals surface area contributed by atoms with Crippen LogP contribution < -0.4 is 5.32 Å². The summed E-state index contributed by atoms with van der Waals surface area (Å²) in [5, 5.41) is 13.2. The van der Waals surface area contributed by atoms with Gasteiger partial charge >= 0.3 is 0 Å². The maximum Gasteiger partial charge on any atom is 0.0851 e. The summed E-state index contributed by atoms with van der Waals surface area (Å²) in [6, 6.07) is 8.26. The summed E-state index contributed by atoms with van der Waals surface area (Å²) in [4.78, 5) is 0. The molecule has 0 bridgehead atoms. The Morgan fingerprint density at radius 3 is 1.86 bits per heavy atom. The maximum atomic E-state index is 10.2. The molecule has 2 rings (SSSR count). The van der Waals surface area contributed by atoms with Crippen molar-refractivity contribution in [3.63, 3.8) is 0 Å². The summed E-state index contributed by atoms with van der Waals surface area (Å²) < 4.78 is 0. The number of fused-ring (bicyclic) bond motifs is 1. The molecule has 0 aromatic heterocycles. The SMILES string of the molecule is C/C=C(C)\C(C)=C/C.CNCC1(O)Cc2ccccc2C1. The van der Waals surface area contributed by atoms with Gasteiger partial charge in [-0.2, -0.15) is 0 Å². The van der Waals surface area contributed by atoms with E-state index in [1.807, 2.05) is 19.2 Å². The van der Waals surface area contributed by atoms with Gasteiger partial charge in [0.05, 0.1) is 5.60 Å². The van der Waals surface area contributed by atoms with E-state index in [4.69, 9.17) is 0 Å². The average molecular weight is 287 g/mol. The van der Waals surface area contributed by atoms with E-state index in [-0.39, 0.29) is 0 Å². The first kappa shape index (κ1) is 17.7. The largest absolute Gasteiger partial charge is 0.388 e. The molecule has 1 aromatic carbocycles. The van der Waals surface area contributed by atoms with Gasteiger partial charge in [0.15, 0.2) is 0 Å². The van der Waals surface area contributed by atoms with Gasteiger partial charge in [0, 0.05) is 19.4 Å². The summed E-state index contributed by atoms with van der Waals surface area (Å²) in [6.45, 7) is 9.02. The summed E-state index contributed by atoms with van der Waals surface area (Å²) in [7, 11) is 1.88. The Kier molecular flexibility index (Phi) is 6.86. The van der Waals surface area contributed by atoms with Crippen molar-refractivity contribution >= 4 is 0 Å². The lowest BCUT2D eigenvalue weighted by Gasteiger charge is -2.21. The van der Waals surface area contributed by atoms with Gasteiger partial charge < -0.3 is 10.4 Å². The molecular formula is C19H29NO. The molecule has 0 unspecified atom stereocenters. The van der Waals surface area contributed by atoms with Crippen molar-refractivity contribution in [1.29, 1.82) is 0 Å². The third-order valence-electron chi connectivity index (χ3n) is 4.15. The van der Waals surface area contributed by atoms with Crippen LogP contribution in [0.2, 0.25) is 0 Å². The summed E-state index contributed by atoms with van der Waals surface area (Å²) in [5.41, 5.74) is 4.76. The Labute approximate surface area is 129 Å². The predicted molar refractivity (Wildman–Crippen MR) is 91.6 cm³/mol. The van der Waals surface area contributed by atoms with E-state index in [1.165, 1.54) is 22.3 Å². The fourth-order valence-electron chi connectivity index (χ4n) is 2.58.